The summed E-state index contributed by atoms with van der Waals surface area (Å²) < 4.78 is 1.80. The lowest BCUT2D eigenvalue weighted by Gasteiger charge is -2.44. The number of benzene rings is 1. The highest BCUT2D eigenvalue weighted by molar-refractivity contribution is 5.87. The maximum Gasteiger partial charge on any atom is 0.243 e. The van der Waals surface area contributed by atoms with Crippen LogP contribution in [0, 0.1) is 0 Å². The van der Waals surface area contributed by atoms with Crippen molar-refractivity contribution in [1.29, 1.82) is 0 Å². The molecule has 0 bridgehead atoms. The van der Waals surface area contributed by atoms with E-state index in [0.717, 1.165) is 55.8 Å². The molecule has 2 fully saturated rings. The molecule has 1 aromatic carbocycles. The minimum absolute atomic E-state index is 0.243. The normalized spacial score (nSPS) is 22.1. The Morgan fingerprint density at radius 2 is 1.70 bits per heavy atom. The SMILES string of the molecule is O=C1N(Cc2ccccn2)CCCC12CCCN2Cc1cn(-c2ccccc2)nn1. The molecule has 30 heavy (non-hydrogen) atoms. The highest BCUT2D eigenvalue weighted by Crippen LogP contribution is 2.39. The summed E-state index contributed by atoms with van der Waals surface area (Å²) in [6.45, 7) is 2.95. The lowest BCUT2D eigenvalue weighted by Crippen LogP contribution is -2.59. The molecule has 1 unspecified atom stereocenters. The van der Waals surface area contributed by atoms with Crippen LogP contribution in [-0.2, 0) is 17.9 Å². The largest absolute Gasteiger partial charge is 0.335 e. The molecule has 2 aliphatic heterocycles. The second kappa shape index (κ2) is 7.99. The molecular weight excluding hydrogens is 376 g/mol. The van der Waals surface area contributed by atoms with Crippen molar-refractivity contribution in [2.24, 2.45) is 0 Å². The molecule has 7 heteroatoms. The average Bonchev–Trinajstić information content (AvgIpc) is 3.41. The summed E-state index contributed by atoms with van der Waals surface area (Å²) in [7, 11) is 0. The van der Waals surface area contributed by atoms with E-state index in [9.17, 15) is 4.79 Å². The molecule has 2 aromatic heterocycles. The molecule has 3 aromatic rings. The Labute approximate surface area is 176 Å². The predicted molar refractivity (Wildman–Crippen MR) is 113 cm³/mol. The van der Waals surface area contributed by atoms with Gasteiger partial charge in [0.2, 0.25) is 5.91 Å². The quantitative estimate of drug-likeness (QED) is 0.657. The fourth-order valence-corrected chi connectivity index (χ4v) is 4.87. The summed E-state index contributed by atoms with van der Waals surface area (Å²) in [6.07, 6.45) is 7.65. The van der Waals surface area contributed by atoms with Gasteiger partial charge in [-0.05, 0) is 56.5 Å². The third-order valence-electron chi connectivity index (χ3n) is 6.32. The number of hydrogen-bond donors (Lipinski definition) is 0. The highest BCUT2D eigenvalue weighted by atomic mass is 16.2. The van der Waals surface area contributed by atoms with E-state index in [2.05, 4.69) is 20.2 Å². The number of likely N-dealkylation sites (tertiary alicyclic amines) is 2. The maximum absolute atomic E-state index is 13.6. The number of aromatic nitrogens is 4. The molecule has 1 atom stereocenters. The number of piperidine rings is 1. The number of carbonyl (C=O) groups is 1. The molecule has 2 aliphatic rings. The van der Waals surface area contributed by atoms with E-state index >= 15 is 0 Å². The summed E-state index contributed by atoms with van der Waals surface area (Å²) >= 11 is 0. The average molecular weight is 403 g/mol. The smallest absolute Gasteiger partial charge is 0.243 e. The molecule has 2 saturated heterocycles. The summed E-state index contributed by atoms with van der Waals surface area (Å²) in [5.74, 6) is 0.243. The monoisotopic (exact) mass is 402 g/mol. The first-order valence-electron chi connectivity index (χ1n) is 10.7. The van der Waals surface area contributed by atoms with Crippen LogP contribution in [-0.4, -0.2) is 54.3 Å². The molecule has 0 N–H and O–H groups in total. The van der Waals surface area contributed by atoms with Crippen molar-refractivity contribution in [3.05, 3.63) is 72.3 Å². The predicted octanol–water partition coefficient (Wildman–Crippen LogP) is 2.82. The van der Waals surface area contributed by atoms with Gasteiger partial charge in [-0.3, -0.25) is 14.7 Å². The zero-order valence-corrected chi connectivity index (χ0v) is 17.0. The second-order valence-electron chi connectivity index (χ2n) is 8.20. The summed E-state index contributed by atoms with van der Waals surface area (Å²) in [5, 5.41) is 8.67. The van der Waals surface area contributed by atoms with Gasteiger partial charge in [-0.1, -0.05) is 29.5 Å². The Balaban J connectivity index is 1.34. The zero-order valence-electron chi connectivity index (χ0n) is 17.0. The van der Waals surface area contributed by atoms with Crippen molar-refractivity contribution in [2.75, 3.05) is 13.1 Å². The van der Waals surface area contributed by atoms with Crippen molar-refractivity contribution in [3.8, 4) is 5.69 Å². The van der Waals surface area contributed by atoms with Gasteiger partial charge in [0.15, 0.2) is 0 Å². The Morgan fingerprint density at radius 1 is 0.900 bits per heavy atom. The zero-order chi connectivity index (χ0) is 20.4. The van der Waals surface area contributed by atoms with Crippen molar-refractivity contribution < 1.29 is 4.79 Å². The molecule has 154 valence electrons. The molecule has 1 spiro atoms. The standard InChI is InChI=1S/C23H26N6O/c30-22-23(11-6-14-27(22)16-19-8-4-5-13-24-19)12-7-15-28(23)17-20-18-29(26-25-20)21-9-2-1-3-10-21/h1-5,8-10,13,18H,6-7,11-12,14-17H2. The van der Waals surface area contributed by atoms with Gasteiger partial charge in [-0.2, -0.15) is 0 Å². The first kappa shape index (κ1) is 18.9. The molecular formula is C23H26N6O. The van der Waals surface area contributed by atoms with Gasteiger partial charge < -0.3 is 4.90 Å². The summed E-state index contributed by atoms with van der Waals surface area (Å²) in [6, 6.07) is 15.9. The van der Waals surface area contributed by atoms with Crippen LogP contribution in [0.2, 0.25) is 0 Å². The number of amides is 1. The fraction of sp³-hybridized carbons (Fsp3) is 0.391. The summed E-state index contributed by atoms with van der Waals surface area (Å²) in [5.41, 5.74) is 2.42. The van der Waals surface area contributed by atoms with Crippen LogP contribution in [0.1, 0.15) is 37.1 Å². The van der Waals surface area contributed by atoms with E-state index in [1.165, 1.54) is 0 Å². The molecule has 1 amide bonds. The molecule has 7 nitrogen and oxygen atoms in total. The van der Waals surface area contributed by atoms with Crippen molar-refractivity contribution >= 4 is 5.91 Å². The van der Waals surface area contributed by atoms with Crippen LogP contribution in [0.15, 0.2) is 60.9 Å². The van der Waals surface area contributed by atoms with E-state index in [1.807, 2.05) is 59.6 Å². The molecule has 5 rings (SSSR count). The first-order chi connectivity index (χ1) is 14.7. The van der Waals surface area contributed by atoms with Gasteiger partial charge in [0.1, 0.15) is 5.54 Å². The van der Waals surface area contributed by atoms with E-state index in [4.69, 9.17) is 0 Å². The second-order valence-corrected chi connectivity index (χ2v) is 8.20. The topological polar surface area (TPSA) is 67.2 Å². The number of pyridine rings is 1. The van der Waals surface area contributed by atoms with E-state index < -0.39 is 5.54 Å². The van der Waals surface area contributed by atoms with Crippen LogP contribution in [0.3, 0.4) is 0 Å². The Kier molecular flexibility index (Phi) is 5.04. The van der Waals surface area contributed by atoms with E-state index in [-0.39, 0.29) is 5.91 Å². The van der Waals surface area contributed by atoms with Crippen LogP contribution in [0.25, 0.3) is 5.69 Å². The lowest BCUT2D eigenvalue weighted by atomic mass is 9.85. The van der Waals surface area contributed by atoms with Gasteiger partial charge >= 0.3 is 0 Å². The van der Waals surface area contributed by atoms with E-state index in [0.29, 0.717) is 13.1 Å². The first-order valence-corrected chi connectivity index (χ1v) is 10.7. The molecule has 0 aliphatic carbocycles. The van der Waals surface area contributed by atoms with Crippen molar-refractivity contribution in [3.63, 3.8) is 0 Å². The Hall–Kier alpha value is -3.06. The minimum atomic E-state index is -0.413. The van der Waals surface area contributed by atoms with Gasteiger partial charge in [-0.15, -0.1) is 5.10 Å². The van der Waals surface area contributed by atoms with Crippen molar-refractivity contribution in [2.45, 2.75) is 44.3 Å². The third-order valence-corrected chi connectivity index (χ3v) is 6.32. The van der Waals surface area contributed by atoms with E-state index in [1.54, 1.807) is 10.9 Å². The Morgan fingerprint density at radius 3 is 2.50 bits per heavy atom. The Bertz CT molecular complexity index is 1000. The number of para-hydroxylation sites is 1. The van der Waals surface area contributed by atoms with Crippen molar-refractivity contribution in [1.82, 2.24) is 29.8 Å². The van der Waals surface area contributed by atoms with Gasteiger partial charge in [0, 0.05) is 19.3 Å². The number of carbonyl (C=O) groups excluding carboxylic acids is 1. The van der Waals surface area contributed by atoms with Crippen LogP contribution < -0.4 is 0 Å². The maximum atomic E-state index is 13.6. The fourth-order valence-electron chi connectivity index (χ4n) is 4.87. The van der Waals surface area contributed by atoms with Crippen LogP contribution in [0.5, 0.6) is 0 Å². The molecule has 4 heterocycles. The number of hydrogen-bond acceptors (Lipinski definition) is 5. The van der Waals surface area contributed by atoms with Crippen LogP contribution in [0.4, 0.5) is 0 Å². The minimum Gasteiger partial charge on any atom is -0.335 e. The lowest BCUT2D eigenvalue weighted by molar-refractivity contribution is -0.148. The number of rotatable bonds is 5. The van der Waals surface area contributed by atoms with Gasteiger partial charge in [0.25, 0.3) is 0 Å². The molecule has 0 saturated carbocycles. The van der Waals surface area contributed by atoms with Gasteiger partial charge in [-0.25, -0.2) is 4.68 Å². The van der Waals surface area contributed by atoms with Crippen LogP contribution >= 0.6 is 0 Å². The highest BCUT2D eigenvalue weighted by Gasteiger charge is 2.50. The number of nitrogens with zero attached hydrogens (tertiary/aromatic N) is 6. The summed E-state index contributed by atoms with van der Waals surface area (Å²) in [4.78, 5) is 22.3. The van der Waals surface area contributed by atoms with Gasteiger partial charge in [0.05, 0.1) is 29.8 Å². The molecule has 0 radical (unpaired) electrons. The third kappa shape index (κ3) is 3.50.